The van der Waals surface area contributed by atoms with Gasteiger partial charge in [-0.2, -0.15) is 0 Å². The number of carbonyl (C=O) groups excluding carboxylic acids is 1. The van der Waals surface area contributed by atoms with Gasteiger partial charge in [0, 0.05) is 0 Å². The molecule has 1 atom stereocenters. The second-order valence-corrected chi connectivity index (χ2v) is 4.15. The van der Waals surface area contributed by atoms with Crippen molar-refractivity contribution in [1.82, 2.24) is 5.32 Å². The highest BCUT2D eigenvalue weighted by Gasteiger charge is 2.17. The Hall–Kier alpha value is -1.17. The Labute approximate surface area is 86.2 Å². The number of alkyl carbamates (subject to hydrolysis) is 1. The number of nitrogens with one attached hydrogen (secondary N) is 1. The van der Waals surface area contributed by atoms with Crippen LogP contribution >= 0.6 is 0 Å². The van der Waals surface area contributed by atoms with Gasteiger partial charge < -0.3 is 10.1 Å². The van der Waals surface area contributed by atoms with Crippen LogP contribution in [-0.2, 0) is 4.74 Å². The molecular formula is C11H19NO2. The van der Waals surface area contributed by atoms with E-state index in [2.05, 4.69) is 11.2 Å². The molecule has 0 aliphatic rings. The Morgan fingerprint density at radius 1 is 1.57 bits per heavy atom. The summed E-state index contributed by atoms with van der Waals surface area (Å²) in [6.45, 7) is 7.47. The zero-order valence-electron chi connectivity index (χ0n) is 9.39. The number of terminal acetylenes is 1. The molecule has 80 valence electrons. The highest BCUT2D eigenvalue weighted by atomic mass is 16.6. The highest BCUT2D eigenvalue weighted by Crippen LogP contribution is 2.07. The zero-order valence-corrected chi connectivity index (χ0v) is 9.39. The summed E-state index contributed by atoms with van der Waals surface area (Å²) >= 11 is 0. The minimum absolute atomic E-state index is 0.227. The summed E-state index contributed by atoms with van der Waals surface area (Å²) in [4.78, 5) is 11.3. The third kappa shape index (κ3) is 6.36. The average molecular weight is 197 g/mol. The third-order valence-electron chi connectivity index (χ3n) is 1.47. The van der Waals surface area contributed by atoms with E-state index in [1.807, 2.05) is 27.7 Å². The quantitative estimate of drug-likeness (QED) is 0.705. The van der Waals surface area contributed by atoms with Crippen LogP contribution in [0.2, 0.25) is 0 Å². The molecule has 0 rings (SSSR count). The minimum atomic E-state index is -0.477. The van der Waals surface area contributed by atoms with Crippen molar-refractivity contribution in [1.29, 1.82) is 0 Å². The highest BCUT2D eigenvalue weighted by molar-refractivity contribution is 5.68. The van der Waals surface area contributed by atoms with E-state index in [4.69, 9.17) is 11.2 Å². The van der Waals surface area contributed by atoms with Crippen molar-refractivity contribution in [2.24, 2.45) is 0 Å². The minimum Gasteiger partial charge on any atom is -0.444 e. The molecule has 3 heteroatoms. The van der Waals surface area contributed by atoms with Crippen molar-refractivity contribution in [3.8, 4) is 12.3 Å². The zero-order chi connectivity index (χ0) is 11.2. The first kappa shape index (κ1) is 12.8. The maximum Gasteiger partial charge on any atom is 0.408 e. The second kappa shape index (κ2) is 5.54. The maximum atomic E-state index is 11.3. The number of amides is 1. The maximum absolute atomic E-state index is 11.3. The molecule has 0 spiro atoms. The Bertz CT molecular complexity index is 222. The first-order chi connectivity index (χ1) is 6.39. The van der Waals surface area contributed by atoms with E-state index >= 15 is 0 Å². The molecule has 3 nitrogen and oxygen atoms in total. The van der Waals surface area contributed by atoms with E-state index in [0.717, 1.165) is 12.8 Å². The summed E-state index contributed by atoms with van der Waals surface area (Å²) in [6.07, 6.45) is 6.51. The van der Waals surface area contributed by atoms with Crippen molar-refractivity contribution >= 4 is 6.09 Å². The van der Waals surface area contributed by atoms with Gasteiger partial charge in [0.05, 0.1) is 6.04 Å². The van der Waals surface area contributed by atoms with E-state index in [1.54, 1.807) is 0 Å². The van der Waals surface area contributed by atoms with E-state index < -0.39 is 11.7 Å². The van der Waals surface area contributed by atoms with Gasteiger partial charge >= 0.3 is 6.09 Å². The Morgan fingerprint density at radius 2 is 2.14 bits per heavy atom. The molecule has 0 heterocycles. The molecule has 0 saturated heterocycles. The molecule has 0 aliphatic carbocycles. The molecular weight excluding hydrogens is 178 g/mol. The van der Waals surface area contributed by atoms with E-state index in [-0.39, 0.29) is 6.04 Å². The van der Waals surface area contributed by atoms with Gasteiger partial charge in [0.1, 0.15) is 5.60 Å². The number of hydrogen-bond acceptors (Lipinski definition) is 2. The number of ether oxygens (including phenoxy) is 1. The van der Waals surface area contributed by atoms with Crippen LogP contribution in [0.5, 0.6) is 0 Å². The third-order valence-corrected chi connectivity index (χ3v) is 1.47. The fraction of sp³-hybridized carbons (Fsp3) is 0.727. The fourth-order valence-corrected chi connectivity index (χ4v) is 0.936. The largest absolute Gasteiger partial charge is 0.444 e. The van der Waals surface area contributed by atoms with Crippen molar-refractivity contribution in [2.45, 2.75) is 52.2 Å². The second-order valence-electron chi connectivity index (χ2n) is 4.15. The fourth-order valence-electron chi connectivity index (χ4n) is 0.936. The Kier molecular flexibility index (Phi) is 5.07. The lowest BCUT2D eigenvalue weighted by Gasteiger charge is -2.21. The SMILES string of the molecule is C#CC(CCC)NC(=O)OC(C)(C)C. The summed E-state index contributed by atoms with van der Waals surface area (Å²) in [5, 5.41) is 2.63. The molecule has 0 radical (unpaired) electrons. The molecule has 0 bridgehead atoms. The van der Waals surface area contributed by atoms with Gasteiger partial charge in [-0.15, -0.1) is 6.42 Å². The lowest BCUT2D eigenvalue weighted by atomic mass is 10.2. The molecule has 1 N–H and O–H groups in total. The van der Waals surface area contributed by atoms with E-state index in [0.29, 0.717) is 0 Å². The van der Waals surface area contributed by atoms with Crippen LogP contribution in [0.1, 0.15) is 40.5 Å². The molecule has 14 heavy (non-hydrogen) atoms. The molecule has 0 fully saturated rings. The van der Waals surface area contributed by atoms with Crippen LogP contribution in [0.4, 0.5) is 4.79 Å². The van der Waals surface area contributed by atoms with Crippen LogP contribution in [0, 0.1) is 12.3 Å². The number of rotatable bonds is 3. The van der Waals surface area contributed by atoms with Crippen molar-refractivity contribution in [3.63, 3.8) is 0 Å². The van der Waals surface area contributed by atoms with Crippen molar-refractivity contribution < 1.29 is 9.53 Å². The van der Waals surface area contributed by atoms with Crippen LogP contribution in [-0.4, -0.2) is 17.7 Å². The smallest absolute Gasteiger partial charge is 0.408 e. The van der Waals surface area contributed by atoms with Gasteiger partial charge in [-0.05, 0) is 27.2 Å². The molecule has 0 saturated carbocycles. The number of carbonyl (C=O) groups is 1. The molecule has 0 aromatic heterocycles. The van der Waals surface area contributed by atoms with Gasteiger partial charge in [0.25, 0.3) is 0 Å². The van der Waals surface area contributed by atoms with Crippen LogP contribution < -0.4 is 5.32 Å². The summed E-state index contributed by atoms with van der Waals surface area (Å²) in [5.41, 5.74) is -0.477. The summed E-state index contributed by atoms with van der Waals surface area (Å²) in [5.74, 6) is 2.51. The van der Waals surface area contributed by atoms with Crippen molar-refractivity contribution in [3.05, 3.63) is 0 Å². The van der Waals surface area contributed by atoms with Gasteiger partial charge in [0.2, 0.25) is 0 Å². The van der Waals surface area contributed by atoms with Gasteiger partial charge in [0.15, 0.2) is 0 Å². The van der Waals surface area contributed by atoms with Crippen LogP contribution in [0.25, 0.3) is 0 Å². The Balaban J connectivity index is 3.99. The first-order valence-corrected chi connectivity index (χ1v) is 4.84. The standard InChI is InChI=1S/C11H19NO2/c1-6-8-9(7-2)12-10(13)14-11(3,4)5/h2,9H,6,8H2,1,3-5H3,(H,12,13). The van der Waals surface area contributed by atoms with Gasteiger partial charge in [-0.1, -0.05) is 19.3 Å². The lowest BCUT2D eigenvalue weighted by Crippen LogP contribution is -2.38. The normalized spacial score (nSPS) is 12.8. The van der Waals surface area contributed by atoms with Crippen LogP contribution in [0.15, 0.2) is 0 Å². The predicted molar refractivity (Wildman–Crippen MR) is 56.9 cm³/mol. The molecule has 0 aliphatic heterocycles. The number of hydrogen-bond donors (Lipinski definition) is 1. The molecule has 0 aromatic carbocycles. The molecule has 0 aromatic rings. The Morgan fingerprint density at radius 3 is 2.50 bits per heavy atom. The van der Waals surface area contributed by atoms with E-state index in [1.165, 1.54) is 0 Å². The predicted octanol–water partition coefficient (Wildman–Crippen LogP) is 2.31. The van der Waals surface area contributed by atoms with Gasteiger partial charge in [-0.3, -0.25) is 0 Å². The van der Waals surface area contributed by atoms with E-state index in [9.17, 15) is 4.79 Å². The van der Waals surface area contributed by atoms with Gasteiger partial charge in [-0.25, -0.2) is 4.79 Å². The average Bonchev–Trinajstić information content (AvgIpc) is 2.00. The monoisotopic (exact) mass is 197 g/mol. The summed E-state index contributed by atoms with van der Waals surface area (Å²) in [7, 11) is 0. The summed E-state index contributed by atoms with van der Waals surface area (Å²) < 4.78 is 5.07. The topological polar surface area (TPSA) is 38.3 Å². The summed E-state index contributed by atoms with van der Waals surface area (Å²) in [6, 6.07) is -0.227. The lowest BCUT2D eigenvalue weighted by molar-refractivity contribution is 0.0514. The van der Waals surface area contributed by atoms with Crippen molar-refractivity contribution in [2.75, 3.05) is 0 Å². The first-order valence-electron chi connectivity index (χ1n) is 4.84. The molecule has 1 unspecified atom stereocenters. The van der Waals surface area contributed by atoms with Crippen LogP contribution in [0.3, 0.4) is 0 Å². The molecule has 1 amide bonds.